The van der Waals surface area contributed by atoms with Gasteiger partial charge in [0.15, 0.2) is 0 Å². The van der Waals surface area contributed by atoms with E-state index in [1.54, 1.807) is 18.2 Å². The van der Waals surface area contributed by atoms with Gasteiger partial charge in [-0.15, -0.1) is 0 Å². The Morgan fingerprint density at radius 3 is 2.20 bits per heavy atom. The molecule has 2 N–H and O–H groups in total. The molecule has 0 saturated heterocycles. The lowest BCUT2D eigenvalue weighted by Crippen LogP contribution is -2.11. The highest BCUT2D eigenvalue weighted by atomic mass is 35.5. The van der Waals surface area contributed by atoms with Crippen LogP contribution in [0, 0.1) is 0 Å². The molecule has 1 heterocycles. The number of hydrogen-bond acceptors (Lipinski definition) is 2. The topological polar surface area (TPSA) is 43.8 Å². The van der Waals surface area contributed by atoms with Gasteiger partial charge in [-0.05, 0) is 36.2 Å². The number of hydrogen-bond donors (Lipinski definition) is 1. The molecule has 0 fully saturated rings. The molecule has 2 aromatic carbocycles. The first-order valence-electron chi connectivity index (χ1n) is 7.65. The van der Waals surface area contributed by atoms with Gasteiger partial charge in [-0.3, -0.25) is 0 Å². The molecule has 0 amide bonds. The van der Waals surface area contributed by atoms with Gasteiger partial charge in [-0.2, -0.15) is 0 Å². The summed E-state index contributed by atoms with van der Waals surface area (Å²) in [6.45, 7) is 2.07. The van der Waals surface area contributed by atoms with Crippen LogP contribution in [0.5, 0.6) is 0 Å². The fourth-order valence-corrected chi connectivity index (χ4v) is 3.37. The molecule has 0 saturated carbocycles. The molecule has 1 unspecified atom stereocenters. The van der Waals surface area contributed by atoms with E-state index in [-0.39, 0.29) is 6.04 Å². The third-order valence-corrected chi connectivity index (χ3v) is 5.51. The zero-order chi connectivity index (χ0) is 18.1. The summed E-state index contributed by atoms with van der Waals surface area (Å²) >= 11 is 24.3. The predicted molar refractivity (Wildman–Crippen MR) is 107 cm³/mol. The van der Waals surface area contributed by atoms with Crippen molar-refractivity contribution in [3.8, 4) is 11.3 Å². The van der Waals surface area contributed by atoms with E-state index in [0.717, 1.165) is 23.2 Å². The van der Waals surface area contributed by atoms with Crippen molar-refractivity contribution in [1.82, 2.24) is 9.55 Å². The molecule has 0 aliphatic heterocycles. The van der Waals surface area contributed by atoms with Gasteiger partial charge >= 0.3 is 0 Å². The zero-order valence-electron chi connectivity index (χ0n) is 13.3. The van der Waals surface area contributed by atoms with Crippen LogP contribution >= 0.6 is 46.4 Å². The standard InChI is InChI=1S/C18H15Cl4N3/c1-2-17(11-4-6-13(20)15(22)8-11)25-9-16(24-18(25)23)10-3-5-12(19)14(21)7-10/h3-9,17H,2H2,1H3,(H2,23,24). The fourth-order valence-electron chi connectivity index (χ4n) is 2.76. The number of nitrogens with zero attached hydrogens (tertiary/aromatic N) is 2. The summed E-state index contributed by atoms with van der Waals surface area (Å²) in [5.74, 6) is 0.416. The summed E-state index contributed by atoms with van der Waals surface area (Å²) in [5.41, 5.74) is 8.76. The summed E-state index contributed by atoms with van der Waals surface area (Å²) in [6.07, 6.45) is 2.73. The van der Waals surface area contributed by atoms with Crippen LogP contribution in [-0.2, 0) is 0 Å². The second-order valence-electron chi connectivity index (χ2n) is 5.62. The van der Waals surface area contributed by atoms with Crippen molar-refractivity contribution in [2.45, 2.75) is 19.4 Å². The number of nitrogen functional groups attached to an aromatic ring is 1. The van der Waals surface area contributed by atoms with Crippen LogP contribution in [0.2, 0.25) is 20.1 Å². The first kappa shape index (κ1) is 18.4. The third kappa shape index (κ3) is 3.75. The Kier molecular flexibility index (Phi) is 5.49. The number of aromatic nitrogens is 2. The second kappa shape index (κ2) is 7.46. The van der Waals surface area contributed by atoms with Gasteiger partial charge < -0.3 is 10.3 Å². The first-order valence-corrected chi connectivity index (χ1v) is 9.16. The van der Waals surface area contributed by atoms with Crippen molar-refractivity contribution in [1.29, 1.82) is 0 Å². The van der Waals surface area contributed by atoms with Crippen molar-refractivity contribution in [3.63, 3.8) is 0 Å². The predicted octanol–water partition coefficient (Wildman–Crippen LogP) is 6.75. The van der Waals surface area contributed by atoms with E-state index in [4.69, 9.17) is 52.1 Å². The van der Waals surface area contributed by atoms with E-state index in [1.165, 1.54) is 0 Å². The van der Waals surface area contributed by atoms with Gasteiger partial charge in [0.25, 0.3) is 0 Å². The van der Waals surface area contributed by atoms with Crippen LogP contribution < -0.4 is 5.73 Å². The average molecular weight is 415 g/mol. The van der Waals surface area contributed by atoms with Gasteiger partial charge in [-0.25, -0.2) is 4.98 Å². The maximum atomic E-state index is 6.16. The van der Waals surface area contributed by atoms with Gasteiger partial charge in [-0.1, -0.05) is 65.5 Å². The quantitative estimate of drug-likeness (QED) is 0.513. The van der Waals surface area contributed by atoms with Crippen LogP contribution in [-0.4, -0.2) is 9.55 Å². The minimum atomic E-state index is -0.00112. The molecule has 25 heavy (non-hydrogen) atoms. The highest BCUT2D eigenvalue weighted by Crippen LogP contribution is 2.33. The number of rotatable bonds is 4. The molecule has 3 nitrogen and oxygen atoms in total. The number of halogens is 4. The van der Waals surface area contributed by atoms with Gasteiger partial charge in [0.2, 0.25) is 5.95 Å². The Bertz CT molecular complexity index is 921. The molecule has 3 aromatic rings. The molecular formula is C18H15Cl4N3. The molecule has 0 radical (unpaired) electrons. The zero-order valence-corrected chi connectivity index (χ0v) is 16.3. The lowest BCUT2D eigenvalue weighted by Gasteiger charge is -2.19. The van der Waals surface area contributed by atoms with E-state index in [1.807, 2.05) is 29.0 Å². The Labute approximate surface area is 166 Å². The van der Waals surface area contributed by atoms with E-state index in [0.29, 0.717) is 26.0 Å². The highest BCUT2D eigenvalue weighted by Gasteiger charge is 2.18. The summed E-state index contributed by atoms with van der Waals surface area (Å²) in [4.78, 5) is 4.47. The number of nitrogens with two attached hydrogens (primary N) is 1. The van der Waals surface area contributed by atoms with Gasteiger partial charge in [0.05, 0.1) is 31.8 Å². The smallest absolute Gasteiger partial charge is 0.201 e. The summed E-state index contributed by atoms with van der Waals surface area (Å²) in [6, 6.07) is 11.0. The van der Waals surface area contributed by atoms with Crippen LogP contribution in [0.4, 0.5) is 5.95 Å². The molecule has 130 valence electrons. The normalized spacial score (nSPS) is 12.4. The summed E-state index contributed by atoms with van der Waals surface area (Å²) < 4.78 is 1.93. The summed E-state index contributed by atoms with van der Waals surface area (Å²) in [5, 5.41) is 2.01. The van der Waals surface area contributed by atoms with Crippen LogP contribution in [0.25, 0.3) is 11.3 Å². The summed E-state index contributed by atoms with van der Waals surface area (Å²) in [7, 11) is 0. The van der Waals surface area contributed by atoms with Gasteiger partial charge in [0, 0.05) is 11.8 Å². The highest BCUT2D eigenvalue weighted by molar-refractivity contribution is 6.42. The maximum Gasteiger partial charge on any atom is 0.201 e. The van der Waals surface area contributed by atoms with E-state index >= 15 is 0 Å². The van der Waals surface area contributed by atoms with Crippen LogP contribution in [0.1, 0.15) is 24.9 Å². The monoisotopic (exact) mass is 413 g/mol. The molecule has 0 aliphatic rings. The van der Waals surface area contributed by atoms with Crippen molar-refractivity contribution in [2.75, 3.05) is 5.73 Å². The fraction of sp³-hybridized carbons (Fsp3) is 0.167. The van der Waals surface area contributed by atoms with Crippen LogP contribution in [0.3, 0.4) is 0 Å². The molecule has 0 spiro atoms. The minimum absolute atomic E-state index is 0.00112. The molecular weight excluding hydrogens is 400 g/mol. The van der Waals surface area contributed by atoms with Crippen molar-refractivity contribution in [3.05, 3.63) is 68.2 Å². The third-order valence-electron chi connectivity index (χ3n) is 4.03. The Balaban J connectivity index is 2.02. The first-order chi connectivity index (χ1) is 11.9. The minimum Gasteiger partial charge on any atom is -0.369 e. The lowest BCUT2D eigenvalue weighted by atomic mass is 10.0. The number of anilines is 1. The van der Waals surface area contributed by atoms with Gasteiger partial charge in [0.1, 0.15) is 0 Å². The SMILES string of the molecule is CCC(c1ccc(Cl)c(Cl)c1)n1cc(-c2ccc(Cl)c(Cl)c2)nc1N. The Hall–Kier alpha value is -1.39. The Morgan fingerprint density at radius 2 is 1.60 bits per heavy atom. The maximum absolute atomic E-state index is 6.16. The Morgan fingerprint density at radius 1 is 0.960 bits per heavy atom. The van der Waals surface area contributed by atoms with Crippen molar-refractivity contribution < 1.29 is 0 Å². The van der Waals surface area contributed by atoms with Crippen molar-refractivity contribution >= 4 is 52.4 Å². The molecule has 7 heteroatoms. The average Bonchev–Trinajstić information content (AvgIpc) is 2.96. The number of benzene rings is 2. The second-order valence-corrected chi connectivity index (χ2v) is 7.25. The largest absolute Gasteiger partial charge is 0.369 e. The lowest BCUT2D eigenvalue weighted by molar-refractivity contribution is 0.574. The van der Waals surface area contributed by atoms with E-state index in [9.17, 15) is 0 Å². The molecule has 0 aliphatic carbocycles. The van der Waals surface area contributed by atoms with Crippen molar-refractivity contribution in [2.24, 2.45) is 0 Å². The van der Waals surface area contributed by atoms with Crippen LogP contribution in [0.15, 0.2) is 42.6 Å². The van der Waals surface area contributed by atoms with E-state index < -0.39 is 0 Å². The molecule has 1 aromatic heterocycles. The molecule has 0 bridgehead atoms. The van der Waals surface area contributed by atoms with E-state index in [2.05, 4.69) is 11.9 Å². The molecule has 1 atom stereocenters. The molecule has 3 rings (SSSR count). The number of imidazole rings is 1.